The summed E-state index contributed by atoms with van der Waals surface area (Å²) in [5.41, 5.74) is 1.78. The standard InChI is InChI=1S/C11H19N3S/c1-8(2)9-4-3-5-10(6-9)13-11-14-12-7-15-11/h7-10H,3-6H2,1-2H3,(H,13,14). The molecule has 1 heterocycles. The second-order valence-corrected chi connectivity index (χ2v) is 5.59. The number of nitrogens with zero attached hydrogens (tertiary/aromatic N) is 2. The molecule has 84 valence electrons. The lowest BCUT2D eigenvalue weighted by Crippen LogP contribution is -2.29. The van der Waals surface area contributed by atoms with Gasteiger partial charge in [0.05, 0.1) is 0 Å². The molecule has 1 N–H and O–H groups in total. The summed E-state index contributed by atoms with van der Waals surface area (Å²) in [5.74, 6) is 1.69. The predicted molar refractivity (Wildman–Crippen MR) is 64.1 cm³/mol. The van der Waals surface area contributed by atoms with Gasteiger partial charge in [0.15, 0.2) is 0 Å². The van der Waals surface area contributed by atoms with Gasteiger partial charge in [-0.1, -0.05) is 38.0 Å². The number of rotatable bonds is 3. The van der Waals surface area contributed by atoms with Crippen molar-refractivity contribution < 1.29 is 0 Å². The lowest BCUT2D eigenvalue weighted by molar-refractivity contribution is 0.264. The first-order valence-corrected chi connectivity index (χ1v) is 6.66. The molecule has 15 heavy (non-hydrogen) atoms. The Labute approximate surface area is 95.3 Å². The number of hydrogen-bond acceptors (Lipinski definition) is 4. The molecule has 1 saturated carbocycles. The van der Waals surface area contributed by atoms with E-state index in [0.29, 0.717) is 6.04 Å². The Kier molecular flexibility index (Phi) is 3.57. The maximum atomic E-state index is 4.04. The molecule has 0 saturated heterocycles. The van der Waals surface area contributed by atoms with Crippen molar-refractivity contribution in [3.63, 3.8) is 0 Å². The normalized spacial score (nSPS) is 26.9. The van der Waals surface area contributed by atoms with Crippen molar-refractivity contribution in [2.45, 2.75) is 45.6 Å². The highest BCUT2D eigenvalue weighted by atomic mass is 32.1. The Morgan fingerprint density at radius 3 is 3.00 bits per heavy atom. The average molecular weight is 225 g/mol. The Morgan fingerprint density at radius 1 is 1.47 bits per heavy atom. The highest BCUT2D eigenvalue weighted by Crippen LogP contribution is 2.31. The molecule has 4 heteroatoms. The summed E-state index contributed by atoms with van der Waals surface area (Å²) in [6.45, 7) is 4.66. The van der Waals surface area contributed by atoms with Gasteiger partial charge in [0.2, 0.25) is 5.13 Å². The minimum Gasteiger partial charge on any atom is -0.357 e. The van der Waals surface area contributed by atoms with Crippen LogP contribution in [0.15, 0.2) is 5.51 Å². The first-order chi connectivity index (χ1) is 7.25. The van der Waals surface area contributed by atoms with E-state index in [1.165, 1.54) is 25.7 Å². The molecular weight excluding hydrogens is 206 g/mol. The van der Waals surface area contributed by atoms with Gasteiger partial charge < -0.3 is 5.32 Å². The van der Waals surface area contributed by atoms with E-state index in [0.717, 1.165) is 17.0 Å². The average Bonchev–Trinajstić information content (AvgIpc) is 2.71. The molecule has 2 rings (SSSR count). The lowest BCUT2D eigenvalue weighted by Gasteiger charge is -2.31. The summed E-state index contributed by atoms with van der Waals surface area (Å²) in [5, 5.41) is 12.4. The lowest BCUT2D eigenvalue weighted by atomic mass is 9.79. The molecule has 3 nitrogen and oxygen atoms in total. The van der Waals surface area contributed by atoms with Gasteiger partial charge in [0.1, 0.15) is 5.51 Å². The maximum absolute atomic E-state index is 4.04. The van der Waals surface area contributed by atoms with Crippen LogP contribution in [0.1, 0.15) is 39.5 Å². The van der Waals surface area contributed by atoms with Gasteiger partial charge in [0.25, 0.3) is 0 Å². The molecule has 0 bridgehead atoms. The molecule has 1 fully saturated rings. The van der Waals surface area contributed by atoms with Crippen molar-refractivity contribution in [1.82, 2.24) is 10.2 Å². The molecule has 0 spiro atoms. The van der Waals surface area contributed by atoms with Crippen LogP contribution in [0.2, 0.25) is 0 Å². The number of hydrogen-bond donors (Lipinski definition) is 1. The third-order valence-corrected chi connectivity index (χ3v) is 3.97. The molecule has 0 radical (unpaired) electrons. The van der Waals surface area contributed by atoms with Crippen LogP contribution < -0.4 is 5.32 Å². The molecule has 1 aliphatic rings. The van der Waals surface area contributed by atoms with E-state index in [1.807, 2.05) is 0 Å². The van der Waals surface area contributed by atoms with Crippen molar-refractivity contribution in [2.24, 2.45) is 11.8 Å². The number of aromatic nitrogens is 2. The van der Waals surface area contributed by atoms with Crippen molar-refractivity contribution in [3.05, 3.63) is 5.51 Å². The molecule has 0 aromatic carbocycles. The van der Waals surface area contributed by atoms with Crippen LogP contribution in [0.3, 0.4) is 0 Å². The summed E-state index contributed by atoms with van der Waals surface area (Å²) in [7, 11) is 0. The Hall–Kier alpha value is -0.640. The third-order valence-electron chi connectivity index (χ3n) is 3.35. The van der Waals surface area contributed by atoms with Crippen LogP contribution in [0.5, 0.6) is 0 Å². The molecule has 2 atom stereocenters. The van der Waals surface area contributed by atoms with E-state index < -0.39 is 0 Å². The molecule has 1 aromatic rings. The Morgan fingerprint density at radius 2 is 2.33 bits per heavy atom. The second kappa shape index (κ2) is 4.92. The van der Waals surface area contributed by atoms with Crippen LogP contribution >= 0.6 is 11.3 Å². The van der Waals surface area contributed by atoms with Crippen LogP contribution in [-0.2, 0) is 0 Å². The Bertz CT molecular complexity index is 284. The van der Waals surface area contributed by atoms with Gasteiger partial charge >= 0.3 is 0 Å². The van der Waals surface area contributed by atoms with Gasteiger partial charge in [-0.2, -0.15) is 0 Å². The van der Waals surface area contributed by atoms with E-state index in [4.69, 9.17) is 0 Å². The van der Waals surface area contributed by atoms with Crippen molar-refractivity contribution in [3.8, 4) is 0 Å². The van der Waals surface area contributed by atoms with Crippen molar-refractivity contribution in [1.29, 1.82) is 0 Å². The van der Waals surface area contributed by atoms with E-state index in [2.05, 4.69) is 29.4 Å². The highest BCUT2D eigenvalue weighted by Gasteiger charge is 2.24. The Balaban J connectivity index is 1.88. The first kappa shape index (κ1) is 10.9. The smallest absolute Gasteiger partial charge is 0.205 e. The van der Waals surface area contributed by atoms with Gasteiger partial charge in [-0.3, -0.25) is 0 Å². The van der Waals surface area contributed by atoms with E-state index in [-0.39, 0.29) is 0 Å². The zero-order chi connectivity index (χ0) is 10.7. The van der Waals surface area contributed by atoms with Gasteiger partial charge in [-0.05, 0) is 24.7 Å². The molecule has 1 aromatic heterocycles. The number of anilines is 1. The van der Waals surface area contributed by atoms with Gasteiger partial charge in [0, 0.05) is 6.04 Å². The van der Waals surface area contributed by atoms with E-state index >= 15 is 0 Å². The highest BCUT2D eigenvalue weighted by molar-refractivity contribution is 7.13. The first-order valence-electron chi connectivity index (χ1n) is 5.78. The van der Waals surface area contributed by atoms with Gasteiger partial charge in [-0.25, -0.2) is 0 Å². The van der Waals surface area contributed by atoms with E-state index in [1.54, 1.807) is 16.8 Å². The monoisotopic (exact) mass is 225 g/mol. The minimum atomic E-state index is 0.610. The van der Waals surface area contributed by atoms with Crippen LogP contribution in [0.4, 0.5) is 5.13 Å². The summed E-state index contributed by atoms with van der Waals surface area (Å²) >= 11 is 1.59. The van der Waals surface area contributed by atoms with Crippen molar-refractivity contribution in [2.75, 3.05) is 5.32 Å². The quantitative estimate of drug-likeness (QED) is 0.858. The molecule has 2 unspecified atom stereocenters. The van der Waals surface area contributed by atoms with Gasteiger partial charge in [-0.15, -0.1) is 10.2 Å². The SMILES string of the molecule is CC(C)C1CCCC(Nc2nncs2)C1. The second-order valence-electron chi connectivity index (χ2n) is 4.76. The molecule has 0 aliphatic heterocycles. The molecule has 1 aliphatic carbocycles. The van der Waals surface area contributed by atoms with Crippen LogP contribution in [0.25, 0.3) is 0 Å². The summed E-state index contributed by atoms with van der Waals surface area (Å²) in [6.07, 6.45) is 5.31. The summed E-state index contributed by atoms with van der Waals surface area (Å²) in [4.78, 5) is 0. The topological polar surface area (TPSA) is 37.8 Å². The fraction of sp³-hybridized carbons (Fsp3) is 0.818. The third kappa shape index (κ3) is 2.91. The molecule has 0 amide bonds. The van der Waals surface area contributed by atoms with Crippen LogP contribution in [-0.4, -0.2) is 16.2 Å². The fourth-order valence-electron chi connectivity index (χ4n) is 2.37. The maximum Gasteiger partial charge on any atom is 0.205 e. The molecular formula is C11H19N3S. The van der Waals surface area contributed by atoms with E-state index in [9.17, 15) is 0 Å². The predicted octanol–water partition coefficient (Wildman–Crippen LogP) is 3.16. The summed E-state index contributed by atoms with van der Waals surface area (Å²) < 4.78 is 0. The summed E-state index contributed by atoms with van der Waals surface area (Å²) in [6, 6.07) is 0.610. The largest absolute Gasteiger partial charge is 0.357 e. The number of nitrogens with one attached hydrogen (secondary N) is 1. The fourth-order valence-corrected chi connectivity index (χ4v) is 2.90. The minimum absolute atomic E-state index is 0.610. The van der Waals surface area contributed by atoms with Crippen LogP contribution in [0, 0.1) is 11.8 Å². The van der Waals surface area contributed by atoms with Crippen molar-refractivity contribution >= 4 is 16.5 Å². The zero-order valence-corrected chi connectivity index (χ0v) is 10.3. The zero-order valence-electron chi connectivity index (χ0n) is 9.44.